The second-order valence-corrected chi connectivity index (χ2v) is 7.26. The van der Waals surface area contributed by atoms with Gasteiger partial charge in [-0.2, -0.15) is 0 Å². The van der Waals surface area contributed by atoms with Crippen molar-refractivity contribution in [1.82, 2.24) is 5.32 Å². The summed E-state index contributed by atoms with van der Waals surface area (Å²) >= 11 is 0. The van der Waals surface area contributed by atoms with Crippen LogP contribution in [0.4, 0.5) is 10.1 Å². The van der Waals surface area contributed by atoms with Gasteiger partial charge in [0.15, 0.2) is 0 Å². The predicted molar refractivity (Wildman–Crippen MR) is 105 cm³/mol. The molecule has 0 fully saturated rings. The van der Waals surface area contributed by atoms with Gasteiger partial charge in [0, 0.05) is 24.2 Å². The van der Waals surface area contributed by atoms with Crippen molar-refractivity contribution in [2.24, 2.45) is 0 Å². The van der Waals surface area contributed by atoms with Crippen LogP contribution in [-0.4, -0.2) is 31.3 Å². The zero-order chi connectivity index (χ0) is 18.7. The van der Waals surface area contributed by atoms with E-state index in [2.05, 4.69) is 42.3 Å². The summed E-state index contributed by atoms with van der Waals surface area (Å²) in [5.74, 6) is -0.270. The van der Waals surface area contributed by atoms with Gasteiger partial charge in [-0.25, -0.2) is 4.39 Å². The van der Waals surface area contributed by atoms with Crippen LogP contribution in [0.15, 0.2) is 48.5 Å². The number of rotatable bonds is 7. The van der Waals surface area contributed by atoms with Gasteiger partial charge < -0.3 is 15.3 Å². The Morgan fingerprint density at radius 2 is 1.88 bits per heavy atom. The maximum Gasteiger partial charge on any atom is 0.123 e. The third kappa shape index (κ3) is 3.24. The third-order valence-electron chi connectivity index (χ3n) is 5.92. The first-order valence-electron chi connectivity index (χ1n) is 9.50. The number of benzene rings is 2. The number of halogens is 1. The number of aliphatic hydroxyl groups is 1. The van der Waals surface area contributed by atoms with Crippen molar-refractivity contribution in [2.45, 2.75) is 44.2 Å². The van der Waals surface area contributed by atoms with Crippen molar-refractivity contribution in [3.63, 3.8) is 0 Å². The number of aliphatic hydroxyl groups excluding tert-OH is 1. The van der Waals surface area contributed by atoms with E-state index in [0.717, 1.165) is 30.6 Å². The molecule has 0 aromatic heterocycles. The molecule has 3 nitrogen and oxygen atoms in total. The van der Waals surface area contributed by atoms with Crippen LogP contribution < -0.4 is 10.2 Å². The molecule has 0 aliphatic carbocycles. The Kier molecular flexibility index (Phi) is 5.64. The largest absolute Gasteiger partial charge is 0.389 e. The number of likely N-dealkylation sites (N-methyl/N-ethyl adjacent to an activating group) is 1. The number of para-hydroxylation sites is 1. The lowest BCUT2D eigenvalue weighted by molar-refractivity contribution is 0.139. The monoisotopic (exact) mass is 356 g/mol. The number of fused-ring (bicyclic) bond motifs is 1. The summed E-state index contributed by atoms with van der Waals surface area (Å²) in [6, 6.07) is 14.8. The van der Waals surface area contributed by atoms with Gasteiger partial charge in [-0.1, -0.05) is 44.2 Å². The van der Waals surface area contributed by atoms with Crippen molar-refractivity contribution in [2.75, 3.05) is 25.0 Å². The molecule has 0 saturated carbocycles. The van der Waals surface area contributed by atoms with Crippen LogP contribution in [0.2, 0.25) is 0 Å². The summed E-state index contributed by atoms with van der Waals surface area (Å²) in [5, 5.41) is 14.0. The molecule has 2 unspecified atom stereocenters. The lowest BCUT2D eigenvalue weighted by Gasteiger charge is -2.36. The Bertz CT molecular complexity index is 744. The van der Waals surface area contributed by atoms with E-state index in [-0.39, 0.29) is 17.3 Å². The fourth-order valence-electron chi connectivity index (χ4n) is 4.39. The average molecular weight is 356 g/mol. The molecule has 2 N–H and O–H groups in total. The van der Waals surface area contributed by atoms with Crippen LogP contribution in [0.3, 0.4) is 0 Å². The first kappa shape index (κ1) is 18.9. The Labute approximate surface area is 155 Å². The molecule has 0 spiro atoms. The SMILES string of the molecule is CCC1(CC)CN(C(c2cccc(F)c2)C(O)CNC)c2ccccc21. The number of nitrogens with zero attached hydrogens (tertiary/aromatic N) is 1. The molecule has 0 amide bonds. The Balaban J connectivity index is 2.10. The first-order valence-corrected chi connectivity index (χ1v) is 9.50. The van der Waals surface area contributed by atoms with Gasteiger partial charge in [-0.05, 0) is 49.2 Å². The fourth-order valence-corrected chi connectivity index (χ4v) is 4.39. The van der Waals surface area contributed by atoms with Crippen molar-refractivity contribution >= 4 is 5.69 Å². The number of nitrogens with one attached hydrogen (secondary N) is 1. The van der Waals surface area contributed by atoms with Gasteiger partial charge in [0.1, 0.15) is 5.82 Å². The molecule has 1 aliphatic rings. The van der Waals surface area contributed by atoms with E-state index < -0.39 is 6.10 Å². The quantitative estimate of drug-likeness (QED) is 0.786. The molecule has 3 rings (SSSR count). The van der Waals surface area contributed by atoms with E-state index in [1.807, 2.05) is 19.2 Å². The van der Waals surface area contributed by atoms with Gasteiger partial charge >= 0.3 is 0 Å². The molecule has 2 aromatic rings. The van der Waals surface area contributed by atoms with Crippen molar-refractivity contribution in [3.8, 4) is 0 Å². The highest BCUT2D eigenvalue weighted by atomic mass is 19.1. The van der Waals surface area contributed by atoms with E-state index in [1.165, 1.54) is 11.6 Å². The van der Waals surface area contributed by atoms with Gasteiger partial charge in [-0.15, -0.1) is 0 Å². The van der Waals surface area contributed by atoms with Gasteiger partial charge in [-0.3, -0.25) is 0 Å². The lowest BCUT2D eigenvalue weighted by atomic mass is 9.77. The van der Waals surface area contributed by atoms with Crippen molar-refractivity contribution in [3.05, 3.63) is 65.5 Å². The van der Waals surface area contributed by atoms with Crippen LogP contribution in [0.25, 0.3) is 0 Å². The minimum Gasteiger partial charge on any atom is -0.389 e. The molecule has 0 bridgehead atoms. The molecule has 26 heavy (non-hydrogen) atoms. The van der Waals surface area contributed by atoms with Crippen LogP contribution in [0, 0.1) is 5.82 Å². The molecule has 0 radical (unpaired) electrons. The Morgan fingerprint density at radius 3 is 2.54 bits per heavy atom. The second-order valence-electron chi connectivity index (χ2n) is 7.26. The van der Waals surface area contributed by atoms with Crippen LogP contribution in [0.5, 0.6) is 0 Å². The molecular formula is C22H29FN2O. The molecule has 140 valence electrons. The normalized spacial score (nSPS) is 17.8. The van der Waals surface area contributed by atoms with Gasteiger partial charge in [0.25, 0.3) is 0 Å². The van der Waals surface area contributed by atoms with E-state index in [0.29, 0.717) is 6.54 Å². The Morgan fingerprint density at radius 1 is 1.15 bits per heavy atom. The van der Waals surface area contributed by atoms with Gasteiger partial charge in [0.05, 0.1) is 12.1 Å². The van der Waals surface area contributed by atoms with E-state index in [4.69, 9.17) is 0 Å². The van der Waals surface area contributed by atoms with Crippen molar-refractivity contribution in [1.29, 1.82) is 0 Å². The summed E-state index contributed by atoms with van der Waals surface area (Å²) in [4.78, 5) is 2.28. The summed E-state index contributed by atoms with van der Waals surface area (Å²) in [7, 11) is 1.83. The Hall–Kier alpha value is -1.91. The highest BCUT2D eigenvalue weighted by Crippen LogP contribution is 2.48. The number of anilines is 1. The van der Waals surface area contributed by atoms with E-state index in [9.17, 15) is 9.50 Å². The highest BCUT2D eigenvalue weighted by molar-refractivity contribution is 5.64. The lowest BCUT2D eigenvalue weighted by Crippen LogP contribution is -2.43. The molecule has 1 aliphatic heterocycles. The van der Waals surface area contributed by atoms with E-state index in [1.54, 1.807) is 12.1 Å². The zero-order valence-electron chi connectivity index (χ0n) is 15.9. The topological polar surface area (TPSA) is 35.5 Å². The first-order chi connectivity index (χ1) is 12.6. The number of hydrogen-bond acceptors (Lipinski definition) is 3. The van der Waals surface area contributed by atoms with Crippen LogP contribution in [0.1, 0.15) is 43.9 Å². The fraction of sp³-hybridized carbons (Fsp3) is 0.455. The maximum absolute atomic E-state index is 13.9. The molecule has 2 atom stereocenters. The molecular weight excluding hydrogens is 327 g/mol. The zero-order valence-corrected chi connectivity index (χ0v) is 15.9. The van der Waals surface area contributed by atoms with Gasteiger partial charge in [0.2, 0.25) is 0 Å². The highest BCUT2D eigenvalue weighted by Gasteiger charge is 2.43. The second kappa shape index (κ2) is 7.77. The smallest absolute Gasteiger partial charge is 0.123 e. The summed E-state index contributed by atoms with van der Waals surface area (Å²) in [6.07, 6.45) is 1.43. The minimum absolute atomic E-state index is 0.0710. The molecule has 0 saturated heterocycles. The van der Waals surface area contributed by atoms with Crippen molar-refractivity contribution < 1.29 is 9.50 Å². The summed E-state index contributed by atoms with van der Waals surface area (Å²) in [5.41, 5.74) is 3.37. The minimum atomic E-state index is -0.639. The predicted octanol–water partition coefficient (Wildman–Crippen LogP) is 4.03. The average Bonchev–Trinajstić information content (AvgIpc) is 2.97. The van der Waals surface area contributed by atoms with E-state index >= 15 is 0 Å². The van der Waals surface area contributed by atoms with Crippen LogP contribution in [-0.2, 0) is 5.41 Å². The molecule has 4 heteroatoms. The standard InChI is InChI=1S/C22H29FN2O/c1-4-22(5-2)15-25(19-12-7-6-11-18(19)22)21(20(26)14-24-3)16-9-8-10-17(23)13-16/h6-13,20-21,24,26H,4-5,14-15H2,1-3H3. The molecule has 1 heterocycles. The van der Waals surface area contributed by atoms with Crippen LogP contribution >= 0.6 is 0 Å². The summed E-state index contributed by atoms with van der Waals surface area (Å²) in [6.45, 7) is 5.74. The third-order valence-corrected chi connectivity index (χ3v) is 5.92. The maximum atomic E-state index is 13.9. The summed E-state index contributed by atoms with van der Waals surface area (Å²) < 4.78 is 13.9. The number of hydrogen-bond donors (Lipinski definition) is 2. The molecule has 2 aromatic carbocycles.